The van der Waals surface area contributed by atoms with Crippen LogP contribution in [0.15, 0.2) is 23.1 Å². The zero-order valence-electron chi connectivity index (χ0n) is 11.8. The number of sulfonamides is 1. The van der Waals surface area contributed by atoms with E-state index in [0.29, 0.717) is 12.6 Å². The van der Waals surface area contributed by atoms with Gasteiger partial charge in [-0.1, -0.05) is 0 Å². The van der Waals surface area contributed by atoms with Gasteiger partial charge in [0.25, 0.3) is 0 Å². The summed E-state index contributed by atoms with van der Waals surface area (Å²) in [6, 6.07) is 2.32. The summed E-state index contributed by atoms with van der Waals surface area (Å²) >= 11 is 0. The Bertz CT molecular complexity index is 569. The van der Waals surface area contributed by atoms with E-state index in [2.05, 4.69) is 10.2 Å². The van der Waals surface area contributed by atoms with Gasteiger partial charge in [0.1, 0.15) is 11.6 Å². The molecule has 118 valence electrons. The van der Waals surface area contributed by atoms with Crippen molar-refractivity contribution in [1.82, 2.24) is 14.5 Å². The zero-order chi connectivity index (χ0) is 15.5. The maximum Gasteiger partial charge on any atom is 0.243 e. The first-order valence-electron chi connectivity index (χ1n) is 6.75. The summed E-state index contributed by atoms with van der Waals surface area (Å²) in [6.45, 7) is 4.36. The van der Waals surface area contributed by atoms with Crippen LogP contribution in [0.5, 0.6) is 0 Å². The fourth-order valence-electron chi connectivity index (χ4n) is 2.19. The lowest BCUT2D eigenvalue weighted by atomic mass is 10.3. The molecular weight excluding hydrogens is 300 g/mol. The lowest BCUT2D eigenvalue weighted by molar-refractivity contribution is 0.229. The summed E-state index contributed by atoms with van der Waals surface area (Å²) in [5.41, 5.74) is 0. The maximum atomic E-state index is 13.2. The first kappa shape index (κ1) is 16.3. The van der Waals surface area contributed by atoms with Gasteiger partial charge in [-0.2, -0.15) is 4.31 Å². The van der Waals surface area contributed by atoms with Gasteiger partial charge < -0.3 is 5.32 Å². The highest BCUT2D eigenvalue weighted by Crippen LogP contribution is 2.17. The smallest absolute Gasteiger partial charge is 0.243 e. The molecule has 0 saturated carbocycles. The van der Waals surface area contributed by atoms with Crippen LogP contribution in [0.4, 0.5) is 8.78 Å². The van der Waals surface area contributed by atoms with Crippen LogP contribution in [0.3, 0.4) is 0 Å². The van der Waals surface area contributed by atoms with E-state index >= 15 is 0 Å². The van der Waals surface area contributed by atoms with Crippen molar-refractivity contribution in [2.75, 3.05) is 46.3 Å². The van der Waals surface area contributed by atoms with E-state index in [1.165, 1.54) is 7.05 Å². The average molecular weight is 319 g/mol. The van der Waals surface area contributed by atoms with E-state index in [-0.39, 0.29) is 11.4 Å². The Morgan fingerprint density at radius 2 is 1.76 bits per heavy atom. The SMILES string of the molecule is CN(CCN1CCNCC1)S(=O)(=O)c1cc(F)cc(F)c1. The molecule has 8 heteroatoms. The standard InChI is InChI=1S/C13H19F2N3O2S/c1-17(6-7-18-4-2-16-3-5-18)21(19,20)13-9-11(14)8-12(15)10-13/h8-10,16H,2-7H2,1H3. The number of benzene rings is 1. The van der Waals surface area contributed by atoms with Crippen LogP contribution in [-0.2, 0) is 10.0 Å². The van der Waals surface area contributed by atoms with Crippen molar-refractivity contribution in [3.63, 3.8) is 0 Å². The Morgan fingerprint density at radius 3 is 2.33 bits per heavy atom. The fourth-order valence-corrected chi connectivity index (χ4v) is 3.40. The summed E-state index contributed by atoms with van der Waals surface area (Å²) in [5.74, 6) is -1.80. The second-order valence-electron chi connectivity index (χ2n) is 5.02. The third kappa shape index (κ3) is 4.19. The van der Waals surface area contributed by atoms with E-state index in [9.17, 15) is 17.2 Å². The number of rotatable bonds is 5. The average Bonchev–Trinajstić information content (AvgIpc) is 2.44. The fraction of sp³-hybridized carbons (Fsp3) is 0.538. The van der Waals surface area contributed by atoms with Gasteiger partial charge in [-0.3, -0.25) is 4.90 Å². The Balaban J connectivity index is 2.03. The van der Waals surface area contributed by atoms with E-state index in [1.54, 1.807) is 0 Å². The lowest BCUT2D eigenvalue weighted by Gasteiger charge is -2.28. The maximum absolute atomic E-state index is 13.2. The largest absolute Gasteiger partial charge is 0.314 e. The van der Waals surface area contributed by atoms with Gasteiger partial charge >= 0.3 is 0 Å². The molecule has 0 bridgehead atoms. The summed E-state index contributed by atoms with van der Waals surface area (Å²) in [7, 11) is -2.46. The minimum absolute atomic E-state index is 0.278. The Labute approximate surface area is 123 Å². The van der Waals surface area contributed by atoms with Crippen LogP contribution in [0.1, 0.15) is 0 Å². The Kier molecular flexibility index (Phi) is 5.26. The van der Waals surface area contributed by atoms with Crippen LogP contribution in [0, 0.1) is 11.6 Å². The first-order chi connectivity index (χ1) is 9.89. The normalized spacial score (nSPS) is 17.3. The van der Waals surface area contributed by atoms with Gasteiger partial charge in [-0.15, -0.1) is 0 Å². The zero-order valence-corrected chi connectivity index (χ0v) is 12.7. The van der Waals surface area contributed by atoms with Crippen LogP contribution in [0.25, 0.3) is 0 Å². The molecule has 0 amide bonds. The van der Waals surface area contributed by atoms with Gasteiger partial charge in [0.05, 0.1) is 4.90 Å². The third-order valence-corrected chi connectivity index (χ3v) is 5.32. The highest BCUT2D eigenvalue weighted by atomic mass is 32.2. The van der Waals surface area contributed by atoms with Crippen molar-refractivity contribution < 1.29 is 17.2 Å². The monoisotopic (exact) mass is 319 g/mol. The van der Waals surface area contributed by atoms with Crippen LogP contribution in [0.2, 0.25) is 0 Å². The molecule has 1 heterocycles. The first-order valence-corrected chi connectivity index (χ1v) is 8.19. The van der Waals surface area contributed by atoms with Gasteiger partial charge in [0.15, 0.2) is 0 Å². The highest BCUT2D eigenvalue weighted by Gasteiger charge is 2.23. The molecule has 1 aliphatic rings. The molecule has 1 N–H and O–H groups in total. The van der Waals surface area contributed by atoms with Crippen molar-refractivity contribution in [3.05, 3.63) is 29.8 Å². The van der Waals surface area contributed by atoms with Crippen LogP contribution < -0.4 is 5.32 Å². The number of halogens is 2. The highest BCUT2D eigenvalue weighted by molar-refractivity contribution is 7.89. The molecule has 0 aliphatic carbocycles. The Hall–Kier alpha value is -1.09. The molecule has 0 spiro atoms. The van der Waals surface area contributed by atoms with Crippen LogP contribution in [-0.4, -0.2) is 63.9 Å². The molecule has 1 aromatic carbocycles. The van der Waals surface area contributed by atoms with Gasteiger partial charge in [0.2, 0.25) is 10.0 Å². The van der Waals surface area contributed by atoms with Crippen LogP contribution >= 0.6 is 0 Å². The predicted molar refractivity (Wildman–Crippen MR) is 75.5 cm³/mol. The van der Waals surface area contributed by atoms with Gasteiger partial charge in [0, 0.05) is 52.4 Å². The number of nitrogens with zero attached hydrogens (tertiary/aromatic N) is 2. The molecule has 1 aromatic rings. The molecule has 2 rings (SSSR count). The lowest BCUT2D eigenvalue weighted by Crippen LogP contribution is -2.46. The molecule has 0 atom stereocenters. The second kappa shape index (κ2) is 6.78. The summed E-state index contributed by atoms with van der Waals surface area (Å²) in [4.78, 5) is 1.79. The molecule has 1 fully saturated rings. The minimum Gasteiger partial charge on any atom is -0.314 e. The molecule has 5 nitrogen and oxygen atoms in total. The number of likely N-dealkylation sites (N-methyl/N-ethyl adjacent to an activating group) is 1. The van der Waals surface area contributed by atoms with Crippen molar-refractivity contribution in [3.8, 4) is 0 Å². The van der Waals surface area contributed by atoms with Gasteiger partial charge in [-0.05, 0) is 12.1 Å². The van der Waals surface area contributed by atoms with Crippen molar-refractivity contribution >= 4 is 10.0 Å². The van der Waals surface area contributed by atoms with Crippen molar-refractivity contribution in [2.45, 2.75) is 4.90 Å². The molecule has 0 aromatic heterocycles. The summed E-state index contributed by atoms with van der Waals surface area (Å²) < 4.78 is 52.0. The van der Waals surface area contributed by atoms with E-state index < -0.39 is 21.7 Å². The quantitative estimate of drug-likeness (QED) is 0.858. The molecule has 1 saturated heterocycles. The minimum atomic E-state index is -3.87. The number of hydrogen-bond donors (Lipinski definition) is 1. The topological polar surface area (TPSA) is 52.6 Å². The van der Waals surface area contributed by atoms with E-state index in [0.717, 1.165) is 42.6 Å². The summed E-state index contributed by atoms with van der Waals surface area (Å²) in [5, 5.41) is 3.21. The molecule has 21 heavy (non-hydrogen) atoms. The van der Waals surface area contributed by atoms with Gasteiger partial charge in [-0.25, -0.2) is 17.2 Å². The third-order valence-electron chi connectivity index (χ3n) is 3.48. The molecule has 0 unspecified atom stereocenters. The molecular formula is C13H19F2N3O2S. The Morgan fingerprint density at radius 1 is 1.19 bits per heavy atom. The number of nitrogens with one attached hydrogen (secondary N) is 1. The van der Waals surface area contributed by atoms with E-state index in [1.807, 2.05) is 0 Å². The van der Waals surface area contributed by atoms with E-state index in [4.69, 9.17) is 0 Å². The second-order valence-corrected chi connectivity index (χ2v) is 7.07. The molecule has 0 radical (unpaired) electrons. The predicted octanol–water partition coefficient (Wildman–Crippen LogP) is 0.490. The molecule has 1 aliphatic heterocycles. The van der Waals surface area contributed by atoms with Crippen molar-refractivity contribution in [1.29, 1.82) is 0 Å². The number of hydrogen-bond acceptors (Lipinski definition) is 4. The number of piperazine rings is 1. The summed E-state index contributed by atoms with van der Waals surface area (Å²) in [6.07, 6.45) is 0. The van der Waals surface area contributed by atoms with Crippen molar-refractivity contribution in [2.24, 2.45) is 0 Å².